The van der Waals surface area contributed by atoms with E-state index >= 15 is 0 Å². The van der Waals surface area contributed by atoms with E-state index in [9.17, 15) is 0 Å². The van der Waals surface area contributed by atoms with E-state index in [0.29, 0.717) is 5.41 Å². The average Bonchev–Trinajstić information content (AvgIpc) is 1.95. The van der Waals surface area contributed by atoms with E-state index in [2.05, 4.69) is 6.26 Å². The predicted octanol–water partition coefficient (Wildman–Crippen LogP) is 2.26. The summed E-state index contributed by atoms with van der Waals surface area (Å²) in [6.45, 7) is 0.918. The van der Waals surface area contributed by atoms with Crippen LogP contribution in [0.5, 0.6) is 0 Å². The fourth-order valence-corrected chi connectivity index (χ4v) is 2.26. The Bertz CT molecular complexity index is 105. The minimum atomic E-state index is 0.579. The normalized spacial score (nSPS) is 21.3. The summed E-state index contributed by atoms with van der Waals surface area (Å²) < 4.78 is 0. The van der Waals surface area contributed by atoms with Crippen LogP contribution in [0.4, 0.5) is 0 Å². The quantitative estimate of drug-likeness (QED) is 0.645. The van der Waals surface area contributed by atoms with Crippen LogP contribution in [0.25, 0.3) is 0 Å². The van der Waals surface area contributed by atoms with Crippen molar-refractivity contribution in [3.63, 3.8) is 0 Å². The van der Waals surface area contributed by atoms with Crippen molar-refractivity contribution in [3.05, 3.63) is 0 Å². The minimum Gasteiger partial charge on any atom is -0.330 e. The molecule has 2 heteroatoms. The first-order valence-corrected chi connectivity index (χ1v) is 5.91. The Morgan fingerprint density at radius 3 is 2.55 bits per heavy atom. The predicted molar refractivity (Wildman–Crippen MR) is 53.0 cm³/mol. The minimum absolute atomic E-state index is 0.579. The zero-order chi connectivity index (χ0) is 8.16. The van der Waals surface area contributed by atoms with Crippen LogP contribution in [-0.2, 0) is 0 Å². The van der Waals surface area contributed by atoms with Crippen LogP contribution in [0.3, 0.4) is 0 Å². The standard InChI is InChI=1S/C9H19NS/c1-11-7-3-6-9(8-10)4-2-5-9/h2-8,10H2,1H3. The summed E-state index contributed by atoms with van der Waals surface area (Å²) in [7, 11) is 0. The molecule has 0 aromatic carbocycles. The molecule has 1 nitrogen and oxygen atoms in total. The van der Waals surface area contributed by atoms with E-state index in [4.69, 9.17) is 5.73 Å². The van der Waals surface area contributed by atoms with Gasteiger partial charge in [-0.15, -0.1) is 0 Å². The molecule has 0 radical (unpaired) electrons. The van der Waals surface area contributed by atoms with Crippen molar-refractivity contribution in [1.82, 2.24) is 0 Å². The summed E-state index contributed by atoms with van der Waals surface area (Å²) in [5, 5.41) is 0. The third kappa shape index (κ3) is 2.38. The van der Waals surface area contributed by atoms with Gasteiger partial charge in [-0.3, -0.25) is 0 Å². The summed E-state index contributed by atoms with van der Waals surface area (Å²) in [4.78, 5) is 0. The summed E-state index contributed by atoms with van der Waals surface area (Å²) in [5.74, 6) is 1.31. The Labute approximate surface area is 74.1 Å². The lowest BCUT2D eigenvalue weighted by Gasteiger charge is -2.41. The number of nitrogens with two attached hydrogens (primary N) is 1. The molecule has 66 valence electrons. The van der Waals surface area contributed by atoms with Crippen molar-refractivity contribution >= 4 is 11.8 Å². The molecule has 1 fully saturated rings. The Kier molecular flexibility index (Phi) is 3.73. The highest BCUT2D eigenvalue weighted by Gasteiger charge is 2.34. The van der Waals surface area contributed by atoms with Crippen LogP contribution in [0, 0.1) is 5.41 Å². The van der Waals surface area contributed by atoms with Crippen molar-refractivity contribution < 1.29 is 0 Å². The van der Waals surface area contributed by atoms with Crippen molar-refractivity contribution in [3.8, 4) is 0 Å². The zero-order valence-electron chi connectivity index (χ0n) is 7.44. The third-order valence-electron chi connectivity index (χ3n) is 2.90. The lowest BCUT2D eigenvalue weighted by Crippen LogP contribution is -2.37. The molecule has 0 saturated heterocycles. The van der Waals surface area contributed by atoms with Gasteiger partial charge in [-0.2, -0.15) is 11.8 Å². The topological polar surface area (TPSA) is 26.0 Å². The molecule has 0 atom stereocenters. The number of hydrogen-bond acceptors (Lipinski definition) is 2. The van der Waals surface area contributed by atoms with Gasteiger partial charge in [-0.05, 0) is 49.7 Å². The highest BCUT2D eigenvalue weighted by atomic mass is 32.2. The number of rotatable bonds is 5. The molecule has 0 unspecified atom stereocenters. The van der Waals surface area contributed by atoms with E-state index < -0.39 is 0 Å². The first-order chi connectivity index (χ1) is 5.33. The molecule has 2 N–H and O–H groups in total. The van der Waals surface area contributed by atoms with Gasteiger partial charge in [0.15, 0.2) is 0 Å². The van der Waals surface area contributed by atoms with Gasteiger partial charge in [0.1, 0.15) is 0 Å². The van der Waals surface area contributed by atoms with Gasteiger partial charge in [0.2, 0.25) is 0 Å². The van der Waals surface area contributed by atoms with Crippen molar-refractivity contribution in [2.24, 2.45) is 11.1 Å². The van der Waals surface area contributed by atoms with E-state index in [1.165, 1.54) is 37.9 Å². The fraction of sp³-hybridized carbons (Fsp3) is 1.00. The van der Waals surface area contributed by atoms with E-state index in [1.54, 1.807) is 0 Å². The third-order valence-corrected chi connectivity index (χ3v) is 3.60. The summed E-state index contributed by atoms with van der Waals surface area (Å²) in [6.07, 6.45) is 9.09. The molecule has 1 saturated carbocycles. The van der Waals surface area contributed by atoms with E-state index in [1.807, 2.05) is 11.8 Å². The molecule has 0 heterocycles. The lowest BCUT2D eigenvalue weighted by molar-refractivity contribution is 0.130. The fourth-order valence-electron chi connectivity index (χ4n) is 1.82. The molecule has 0 bridgehead atoms. The Morgan fingerprint density at radius 1 is 1.45 bits per heavy atom. The maximum atomic E-state index is 5.74. The monoisotopic (exact) mass is 173 g/mol. The summed E-state index contributed by atoms with van der Waals surface area (Å²) in [5.41, 5.74) is 6.32. The smallest absolute Gasteiger partial charge is 0.00205 e. The van der Waals surface area contributed by atoms with Gasteiger partial charge in [-0.1, -0.05) is 6.42 Å². The molecule has 11 heavy (non-hydrogen) atoms. The molecule has 0 aromatic rings. The first-order valence-electron chi connectivity index (χ1n) is 4.52. The molecule has 0 aliphatic heterocycles. The van der Waals surface area contributed by atoms with Crippen LogP contribution in [0.2, 0.25) is 0 Å². The number of thioether (sulfide) groups is 1. The van der Waals surface area contributed by atoms with Crippen LogP contribution in [0.1, 0.15) is 32.1 Å². The molecule has 0 amide bonds. The molecule has 1 aliphatic carbocycles. The second kappa shape index (κ2) is 4.36. The van der Waals surface area contributed by atoms with Gasteiger partial charge >= 0.3 is 0 Å². The second-order valence-corrected chi connectivity index (χ2v) is 4.64. The van der Waals surface area contributed by atoms with Crippen LogP contribution in [0.15, 0.2) is 0 Å². The van der Waals surface area contributed by atoms with Gasteiger partial charge in [0.05, 0.1) is 0 Å². The maximum Gasteiger partial charge on any atom is -0.00205 e. The molecule has 1 rings (SSSR count). The largest absolute Gasteiger partial charge is 0.330 e. The maximum absolute atomic E-state index is 5.74. The number of hydrogen-bond donors (Lipinski definition) is 1. The zero-order valence-corrected chi connectivity index (χ0v) is 8.25. The van der Waals surface area contributed by atoms with Crippen molar-refractivity contribution in [2.75, 3.05) is 18.6 Å². The van der Waals surface area contributed by atoms with Crippen molar-refractivity contribution in [1.29, 1.82) is 0 Å². The summed E-state index contributed by atoms with van der Waals surface area (Å²) in [6, 6.07) is 0. The first kappa shape index (κ1) is 9.40. The van der Waals surface area contributed by atoms with Crippen molar-refractivity contribution in [2.45, 2.75) is 32.1 Å². The molecular weight excluding hydrogens is 154 g/mol. The van der Waals surface area contributed by atoms with Gasteiger partial charge in [0.25, 0.3) is 0 Å². The Balaban J connectivity index is 2.11. The Morgan fingerprint density at radius 2 is 2.18 bits per heavy atom. The second-order valence-electron chi connectivity index (χ2n) is 3.65. The summed E-state index contributed by atoms with van der Waals surface area (Å²) >= 11 is 1.95. The van der Waals surface area contributed by atoms with Gasteiger partial charge in [0, 0.05) is 0 Å². The lowest BCUT2D eigenvalue weighted by atomic mass is 9.66. The van der Waals surface area contributed by atoms with E-state index in [0.717, 1.165) is 6.54 Å². The Hall–Kier alpha value is 0.310. The highest BCUT2D eigenvalue weighted by Crippen LogP contribution is 2.43. The van der Waals surface area contributed by atoms with Crippen LogP contribution < -0.4 is 5.73 Å². The van der Waals surface area contributed by atoms with Gasteiger partial charge < -0.3 is 5.73 Å². The van der Waals surface area contributed by atoms with Gasteiger partial charge in [-0.25, -0.2) is 0 Å². The molecular formula is C9H19NS. The molecule has 0 aromatic heterocycles. The highest BCUT2D eigenvalue weighted by molar-refractivity contribution is 7.98. The average molecular weight is 173 g/mol. The van der Waals surface area contributed by atoms with Crippen LogP contribution >= 0.6 is 11.8 Å². The molecule has 0 spiro atoms. The van der Waals surface area contributed by atoms with E-state index in [-0.39, 0.29) is 0 Å². The SMILES string of the molecule is CSCCCC1(CN)CCC1. The van der Waals surface area contributed by atoms with Crippen LogP contribution in [-0.4, -0.2) is 18.6 Å². The molecule has 1 aliphatic rings.